The van der Waals surface area contributed by atoms with E-state index >= 15 is 0 Å². The van der Waals surface area contributed by atoms with Crippen molar-refractivity contribution in [2.75, 3.05) is 23.5 Å². The lowest BCUT2D eigenvalue weighted by Gasteiger charge is -2.02. The maximum absolute atomic E-state index is 11.8. The van der Waals surface area contributed by atoms with E-state index in [0.717, 1.165) is 10.7 Å². The average Bonchev–Trinajstić information content (AvgIpc) is 2.25. The second-order valence-electron chi connectivity index (χ2n) is 3.85. The molecular formula is C11H13BrO4S2. The van der Waals surface area contributed by atoms with Crippen molar-refractivity contribution < 1.29 is 17.4 Å². The minimum atomic E-state index is -3.14. The summed E-state index contributed by atoms with van der Waals surface area (Å²) in [5.74, 6) is -0.557. The Hall–Kier alpha value is -0.530. The van der Waals surface area contributed by atoms with Gasteiger partial charge in [0.2, 0.25) is 0 Å². The normalized spacial score (nSPS) is 13.2. The van der Waals surface area contributed by atoms with Crippen LogP contribution >= 0.6 is 15.9 Å². The topological polar surface area (TPSA) is 68.3 Å². The molecule has 0 N–H and O–H groups in total. The fourth-order valence-electron chi connectivity index (χ4n) is 1.21. The molecule has 1 atom stereocenters. The molecule has 0 fully saturated rings. The maximum Gasteiger partial charge on any atom is 0.175 e. The number of hydrogen-bond donors (Lipinski definition) is 0. The number of halogens is 1. The first-order valence-electron chi connectivity index (χ1n) is 5.09. The summed E-state index contributed by atoms with van der Waals surface area (Å²) >= 11 is 3.25. The summed E-state index contributed by atoms with van der Waals surface area (Å²) in [6, 6.07) is 6.80. The van der Waals surface area contributed by atoms with E-state index in [2.05, 4.69) is 15.9 Å². The lowest BCUT2D eigenvalue weighted by Crippen LogP contribution is -2.18. The zero-order chi connectivity index (χ0) is 13.8. The van der Waals surface area contributed by atoms with Crippen LogP contribution in [0.25, 0.3) is 0 Å². The Morgan fingerprint density at radius 3 is 2.61 bits per heavy atom. The standard InChI is InChI=1S/C11H13BrO4S2/c1-18(15,16)6-5-17(14)8-11(13)9-3-2-4-10(12)7-9/h2-4,7H,5-6,8H2,1H3. The molecule has 0 saturated carbocycles. The number of rotatable bonds is 6. The first-order valence-corrected chi connectivity index (χ1v) is 9.43. The molecule has 100 valence electrons. The van der Waals surface area contributed by atoms with Crippen LogP contribution < -0.4 is 0 Å². The predicted molar refractivity (Wildman–Crippen MR) is 76.1 cm³/mol. The highest BCUT2D eigenvalue weighted by molar-refractivity contribution is 9.10. The molecular weight excluding hydrogens is 340 g/mol. The fourth-order valence-corrected chi connectivity index (χ4v) is 4.17. The smallest absolute Gasteiger partial charge is 0.175 e. The molecule has 7 heteroatoms. The molecule has 0 heterocycles. The van der Waals surface area contributed by atoms with Crippen molar-refractivity contribution in [3.05, 3.63) is 34.3 Å². The fraction of sp³-hybridized carbons (Fsp3) is 0.364. The van der Waals surface area contributed by atoms with E-state index in [9.17, 15) is 17.4 Å². The monoisotopic (exact) mass is 352 g/mol. The average molecular weight is 353 g/mol. The highest BCUT2D eigenvalue weighted by Crippen LogP contribution is 2.12. The van der Waals surface area contributed by atoms with Crippen molar-refractivity contribution in [3.63, 3.8) is 0 Å². The number of carbonyl (C=O) groups is 1. The van der Waals surface area contributed by atoms with Crippen LogP contribution in [-0.4, -0.2) is 41.9 Å². The van der Waals surface area contributed by atoms with Gasteiger partial charge in [-0.1, -0.05) is 28.1 Å². The summed E-state index contributed by atoms with van der Waals surface area (Å²) in [4.78, 5) is 11.8. The molecule has 1 rings (SSSR count). The van der Waals surface area contributed by atoms with Gasteiger partial charge in [-0.05, 0) is 12.1 Å². The van der Waals surface area contributed by atoms with Gasteiger partial charge in [0.05, 0.1) is 11.5 Å². The van der Waals surface area contributed by atoms with Crippen LogP contribution in [0.1, 0.15) is 10.4 Å². The largest absolute Gasteiger partial charge is 0.293 e. The third-order valence-corrected chi connectivity index (χ3v) is 5.06. The van der Waals surface area contributed by atoms with Crippen LogP contribution in [0.5, 0.6) is 0 Å². The van der Waals surface area contributed by atoms with Crippen molar-refractivity contribution in [2.24, 2.45) is 0 Å². The molecule has 0 radical (unpaired) electrons. The number of benzene rings is 1. The van der Waals surface area contributed by atoms with Gasteiger partial charge >= 0.3 is 0 Å². The van der Waals surface area contributed by atoms with Crippen molar-refractivity contribution in [1.82, 2.24) is 0 Å². The first kappa shape index (κ1) is 15.5. The Labute approximate surface area is 117 Å². The molecule has 0 amide bonds. The second-order valence-corrected chi connectivity index (χ2v) is 8.60. The van der Waals surface area contributed by atoms with Crippen LogP contribution in [0.4, 0.5) is 0 Å². The molecule has 0 spiro atoms. The van der Waals surface area contributed by atoms with Gasteiger partial charge in [0, 0.05) is 32.8 Å². The van der Waals surface area contributed by atoms with Gasteiger partial charge in [0.15, 0.2) is 5.78 Å². The van der Waals surface area contributed by atoms with Gasteiger partial charge < -0.3 is 0 Å². The van der Waals surface area contributed by atoms with Crippen LogP contribution in [0, 0.1) is 0 Å². The Bertz CT molecular complexity index is 566. The van der Waals surface area contributed by atoms with E-state index in [-0.39, 0.29) is 23.0 Å². The Morgan fingerprint density at radius 1 is 1.39 bits per heavy atom. The number of Topliss-reactive ketones (excluding diaryl/α,β-unsaturated/α-hetero) is 1. The summed E-state index contributed by atoms with van der Waals surface area (Å²) in [7, 11) is -4.59. The van der Waals surface area contributed by atoms with Crippen LogP contribution in [0.3, 0.4) is 0 Å². The van der Waals surface area contributed by atoms with E-state index in [4.69, 9.17) is 0 Å². The minimum absolute atomic E-state index is 0.00141. The van der Waals surface area contributed by atoms with Crippen molar-refractivity contribution in [3.8, 4) is 0 Å². The van der Waals surface area contributed by atoms with Gasteiger partial charge in [-0.15, -0.1) is 0 Å². The lowest BCUT2D eigenvalue weighted by molar-refractivity contribution is 0.102. The summed E-state index contributed by atoms with van der Waals surface area (Å²) < 4.78 is 34.2. The molecule has 4 nitrogen and oxygen atoms in total. The van der Waals surface area contributed by atoms with E-state index < -0.39 is 20.6 Å². The minimum Gasteiger partial charge on any atom is -0.293 e. The Kier molecular flexibility index (Phi) is 5.68. The zero-order valence-corrected chi connectivity index (χ0v) is 13.0. The van der Waals surface area contributed by atoms with Crippen molar-refractivity contribution >= 4 is 42.4 Å². The summed E-state index contributed by atoms with van der Waals surface area (Å²) in [5.41, 5.74) is 0.470. The highest BCUT2D eigenvalue weighted by atomic mass is 79.9. The zero-order valence-electron chi connectivity index (χ0n) is 9.76. The molecule has 1 aromatic rings. The third-order valence-electron chi connectivity index (χ3n) is 2.12. The number of carbonyl (C=O) groups excluding carboxylic acids is 1. The van der Waals surface area contributed by atoms with Gasteiger partial charge in [-0.2, -0.15) is 0 Å². The molecule has 0 aromatic heterocycles. The maximum atomic E-state index is 11.8. The Balaban J connectivity index is 2.58. The second kappa shape index (κ2) is 6.58. The third kappa shape index (κ3) is 5.88. The predicted octanol–water partition coefficient (Wildman–Crippen LogP) is 1.43. The molecule has 0 saturated heterocycles. The molecule has 0 aliphatic carbocycles. The molecule has 1 aromatic carbocycles. The quantitative estimate of drug-likeness (QED) is 0.726. The molecule has 18 heavy (non-hydrogen) atoms. The number of ketones is 1. The SMILES string of the molecule is CS(=O)(=O)CCS(=O)CC(=O)c1cccc(Br)c1. The van der Waals surface area contributed by atoms with Gasteiger partial charge in [0.1, 0.15) is 9.84 Å². The van der Waals surface area contributed by atoms with E-state index in [0.29, 0.717) is 5.56 Å². The van der Waals surface area contributed by atoms with Gasteiger partial charge in [-0.3, -0.25) is 9.00 Å². The molecule has 0 aliphatic heterocycles. The molecule has 0 bridgehead atoms. The van der Waals surface area contributed by atoms with E-state index in [1.54, 1.807) is 24.3 Å². The summed E-state index contributed by atoms with van der Waals surface area (Å²) in [6.45, 7) is 0. The number of hydrogen-bond acceptors (Lipinski definition) is 4. The van der Waals surface area contributed by atoms with Crippen molar-refractivity contribution in [2.45, 2.75) is 0 Å². The molecule has 0 aliphatic rings. The summed E-state index contributed by atoms with van der Waals surface area (Å²) in [6.07, 6.45) is 1.08. The Morgan fingerprint density at radius 2 is 2.06 bits per heavy atom. The molecule has 1 unspecified atom stereocenters. The van der Waals surface area contributed by atoms with Crippen molar-refractivity contribution in [1.29, 1.82) is 0 Å². The lowest BCUT2D eigenvalue weighted by atomic mass is 10.2. The summed E-state index contributed by atoms with van der Waals surface area (Å²) in [5, 5.41) is 0. The van der Waals surface area contributed by atoms with Crippen LogP contribution in [0.2, 0.25) is 0 Å². The number of sulfone groups is 1. The van der Waals surface area contributed by atoms with E-state index in [1.807, 2.05) is 0 Å². The first-order chi connectivity index (χ1) is 8.28. The van der Waals surface area contributed by atoms with Gasteiger partial charge in [-0.25, -0.2) is 8.42 Å². The van der Waals surface area contributed by atoms with Gasteiger partial charge in [0.25, 0.3) is 0 Å². The highest BCUT2D eigenvalue weighted by Gasteiger charge is 2.13. The van der Waals surface area contributed by atoms with Crippen LogP contribution in [-0.2, 0) is 20.6 Å². The van der Waals surface area contributed by atoms with Crippen LogP contribution in [0.15, 0.2) is 28.7 Å². The van der Waals surface area contributed by atoms with E-state index in [1.165, 1.54) is 0 Å².